The fraction of sp³-hybridized carbons (Fsp3) is 1.00. The standard InChI is InChI=1S/C8H16N.BF4/c1-2-6-9(5-1)7-3-4-8-9;2-1(3,4)5/h1-8H2;/q+1;-1. The van der Waals surface area contributed by atoms with Gasteiger partial charge in [0.25, 0.3) is 0 Å². The highest BCUT2D eigenvalue weighted by Crippen LogP contribution is 2.25. The lowest BCUT2D eigenvalue weighted by Crippen LogP contribution is -2.41. The Bertz CT molecular complexity index is 147. The summed E-state index contributed by atoms with van der Waals surface area (Å²) >= 11 is 0. The average molecular weight is 213 g/mol. The fourth-order valence-corrected chi connectivity index (χ4v) is 2.46. The first-order valence-electron chi connectivity index (χ1n) is 5.14. The maximum absolute atomic E-state index is 9.75. The minimum Gasteiger partial charge on any atom is -0.418 e. The summed E-state index contributed by atoms with van der Waals surface area (Å²) in [6.45, 7) is 6.00. The van der Waals surface area contributed by atoms with E-state index in [0.717, 1.165) is 0 Å². The monoisotopic (exact) mass is 213 g/mol. The summed E-state index contributed by atoms with van der Waals surface area (Å²) in [7, 11) is -6.00. The van der Waals surface area contributed by atoms with Gasteiger partial charge >= 0.3 is 7.25 Å². The lowest BCUT2D eigenvalue weighted by atomic mass is 10.3. The highest BCUT2D eigenvalue weighted by atomic mass is 19.5. The summed E-state index contributed by atoms with van der Waals surface area (Å²) in [4.78, 5) is 0. The topological polar surface area (TPSA) is 0 Å². The van der Waals surface area contributed by atoms with Crippen molar-refractivity contribution in [3.8, 4) is 0 Å². The van der Waals surface area contributed by atoms with Crippen LogP contribution in [-0.2, 0) is 0 Å². The molecule has 14 heavy (non-hydrogen) atoms. The zero-order valence-electron chi connectivity index (χ0n) is 8.19. The molecule has 2 rings (SSSR count). The van der Waals surface area contributed by atoms with E-state index in [-0.39, 0.29) is 0 Å². The van der Waals surface area contributed by atoms with Crippen molar-refractivity contribution in [1.82, 2.24) is 0 Å². The first-order valence-corrected chi connectivity index (χ1v) is 5.14. The van der Waals surface area contributed by atoms with Crippen LogP contribution in [0.1, 0.15) is 25.7 Å². The minimum absolute atomic E-state index is 1.50. The third kappa shape index (κ3) is 4.31. The first kappa shape index (κ1) is 11.8. The molecular weight excluding hydrogens is 197 g/mol. The molecule has 0 atom stereocenters. The van der Waals surface area contributed by atoms with Gasteiger partial charge in [-0.3, -0.25) is 0 Å². The molecule has 2 saturated heterocycles. The van der Waals surface area contributed by atoms with E-state index in [1.807, 2.05) is 0 Å². The molecule has 2 heterocycles. The van der Waals surface area contributed by atoms with Gasteiger partial charge in [-0.05, 0) is 0 Å². The molecule has 0 amide bonds. The minimum atomic E-state index is -6.00. The normalized spacial score (nSPS) is 24.9. The van der Waals surface area contributed by atoms with E-state index >= 15 is 0 Å². The molecule has 1 spiro atoms. The second kappa shape index (κ2) is 4.51. The molecule has 0 aromatic carbocycles. The second-order valence-electron chi connectivity index (χ2n) is 4.15. The average Bonchev–Trinajstić information content (AvgIpc) is 2.61. The molecule has 2 aliphatic heterocycles. The Balaban J connectivity index is 0.000000171. The highest BCUT2D eigenvalue weighted by Gasteiger charge is 2.34. The summed E-state index contributed by atoms with van der Waals surface area (Å²) in [6.07, 6.45) is 6.00. The second-order valence-corrected chi connectivity index (χ2v) is 4.15. The van der Waals surface area contributed by atoms with Crippen LogP contribution >= 0.6 is 0 Å². The summed E-state index contributed by atoms with van der Waals surface area (Å²) in [5.41, 5.74) is 0. The lowest BCUT2D eigenvalue weighted by molar-refractivity contribution is -0.904. The number of hydrogen-bond acceptors (Lipinski definition) is 0. The predicted octanol–water partition coefficient (Wildman–Crippen LogP) is 2.69. The third-order valence-electron chi connectivity index (χ3n) is 3.03. The first-order chi connectivity index (χ1) is 6.41. The summed E-state index contributed by atoms with van der Waals surface area (Å²) in [6, 6.07) is 0. The largest absolute Gasteiger partial charge is 0.673 e. The Kier molecular flexibility index (Phi) is 3.81. The number of halogens is 4. The molecule has 0 aromatic heterocycles. The molecule has 0 aromatic rings. The molecule has 1 nitrogen and oxygen atoms in total. The van der Waals surface area contributed by atoms with Crippen molar-refractivity contribution >= 4 is 7.25 Å². The van der Waals surface area contributed by atoms with Gasteiger partial charge in [0.05, 0.1) is 26.2 Å². The van der Waals surface area contributed by atoms with Crippen molar-refractivity contribution in [1.29, 1.82) is 0 Å². The maximum atomic E-state index is 9.75. The molecule has 2 aliphatic rings. The molecule has 0 unspecified atom stereocenters. The Hall–Kier alpha value is -0.255. The SMILES string of the molecule is C1CC[N+]2(C1)CCCC2.F[B-](F)(F)F. The smallest absolute Gasteiger partial charge is 0.418 e. The molecule has 2 fully saturated rings. The van der Waals surface area contributed by atoms with E-state index in [0.29, 0.717) is 0 Å². The van der Waals surface area contributed by atoms with Crippen molar-refractivity contribution in [3.05, 3.63) is 0 Å². The van der Waals surface area contributed by atoms with Crippen molar-refractivity contribution < 1.29 is 21.7 Å². The number of rotatable bonds is 0. The van der Waals surface area contributed by atoms with Crippen molar-refractivity contribution in [2.75, 3.05) is 26.2 Å². The van der Waals surface area contributed by atoms with Gasteiger partial charge < -0.3 is 21.7 Å². The van der Waals surface area contributed by atoms with Gasteiger partial charge in [0.1, 0.15) is 0 Å². The lowest BCUT2D eigenvalue weighted by Gasteiger charge is -2.27. The van der Waals surface area contributed by atoms with Crippen LogP contribution in [0.25, 0.3) is 0 Å². The number of nitrogens with zero attached hydrogens (tertiary/aromatic N) is 1. The summed E-state index contributed by atoms with van der Waals surface area (Å²) < 4.78 is 40.5. The Labute approximate surface area is 81.8 Å². The van der Waals surface area contributed by atoms with Crippen LogP contribution in [-0.4, -0.2) is 37.9 Å². The Morgan fingerprint density at radius 2 is 0.857 bits per heavy atom. The van der Waals surface area contributed by atoms with Gasteiger partial charge in [-0.25, -0.2) is 0 Å². The van der Waals surface area contributed by atoms with E-state index in [9.17, 15) is 17.3 Å². The van der Waals surface area contributed by atoms with Crippen molar-refractivity contribution in [3.63, 3.8) is 0 Å². The van der Waals surface area contributed by atoms with Crippen LogP contribution < -0.4 is 0 Å². The maximum Gasteiger partial charge on any atom is 0.673 e. The zero-order chi connectivity index (χ0) is 10.7. The van der Waals surface area contributed by atoms with Crippen molar-refractivity contribution in [2.45, 2.75) is 25.7 Å². The van der Waals surface area contributed by atoms with E-state index in [4.69, 9.17) is 0 Å². The molecule has 0 radical (unpaired) electrons. The molecule has 0 aliphatic carbocycles. The summed E-state index contributed by atoms with van der Waals surface area (Å²) in [5.74, 6) is 0. The van der Waals surface area contributed by atoms with Crippen LogP contribution in [0.3, 0.4) is 0 Å². The number of hydrogen-bond donors (Lipinski definition) is 0. The molecule has 6 heteroatoms. The van der Waals surface area contributed by atoms with Gasteiger partial charge in [0.2, 0.25) is 0 Å². The predicted molar refractivity (Wildman–Crippen MR) is 48.4 cm³/mol. The van der Waals surface area contributed by atoms with Gasteiger partial charge in [0, 0.05) is 25.7 Å². The zero-order valence-corrected chi connectivity index (χ0v) is 8.19. The van der Waals surface area contributed by atoms with E-state index in [2.05, 4.69) is 0 Å². The molecule has 0 saturated carbocycles. The van der Waals surface area contributed by atoms with Crippen LogP contribution in [0.2, 0.25) is 0 Å². The van der Waals surface area contributed by atoms with Gasteiger partial charge in [-0.2, -0.15) is 0 Å². The number of quaternary nitrogens is 1. The van der Waals surface area contributed by atoms with Crippen LogP contribution in [0.5, 0.6) is 0 Å². The fourth-order valence-electron chi connectivity index (χ4n) is 2.46. The van der Waals surface area contributed by atoms with Crippen molar-refractivity contribution in [2.24, 2.45) is 0 Å². The quantitative estimate of drug-likeness (QED) is 0.329. The summed E-state index contributed by atoms with van der Waals surface area (Å²) in [5, 5.41) is 0. The van der Waals surface area contributed by atoms with E-state index in [1.165, 1.54) is 56.3 Å². The van der Waals surface area contributed by atoms with Gasteiger partial charge in [-0.1, -0.05) is 0 Å². The van der Waals surface area contributed by atoms with E-state index in [1.54, 1.807) is 0 Å². The van der Waals surface area contributed by atoms with Crippen LogP contribution in [0.15, 0.2) is 0 Å². The van der Waals surface area contributed by atoms with Crippen LogP contribution in [0, 0.1) is 0 Å². The highest BCUT2D eigenvalue weighted by molar-refractivity contribution is 6.50. The van der Waals surface area contributed by atoms with E-state index < -0.39 is 7.25 Å². The molecular formula is C8H16BF4N. The Morgan fingerprint density at radius 1 is 0.643 bits per heavy atom. The molecule has 84 valence electrons. The Morgan fingerprint density at radius 3 is 1.07 bits per heavy atom. The van der Waals surface area contributed by atoms with Gasteiger partial charge in [0.15, 0.2) is 0 Å². The van der Waals surface area contributed by atoms with Gasteiger partial charge in [-0.15, -0.1) is 0 Å². The third-order valence-corrected chi connectivity index (χ3v) is 3.03. The van der Waals surface area contributed by atoms with Crippen LogP contribution in [0.4, 0.5) is 17.3 Å². The molecule has 0 bridgehead atoms. The molecule has 0 N–H and O–H groups in total.